The molecule has 0 saturated carbocycles. The molecule has 0 radical (unpaired) electrons. The third-order valence-electron chi connectivity index (χ3n) is 4.00. The van der Waals surface area contributed by atoms with Gasteiger partial charge in [0.2, 0.25) is 5.91 Å². The van der Waals surface area contributed by atoms with Gasteiger partial charge in [0.1, 0.15) is 5.78 Å². The fraction of sp³-hybridized carbons (Fsp3) is 0.846. The molecule has 0 atom stereocenters. The number of carbonyl (C=O) groups is 2. The first-order chi connectivity index (χ1) is 8.69. The highest BCUT2D eigenvalue weighted by Gasteiger charge is 2.24. The van der Waals surface area contributed by atoms with Crippen LogP contribution >= 0.6 is 0 Å². The largest absolute Gasteiger partial charge is 0.396 e. The molecule has 2 aliphatic heterocycles. The van der Waals surface area contributed by atoms with Crippen LogP contribution < -0.4 is 0 Å². The number of likely N-dealkylation sites (tertiary alicyclic amines) is 2. The highest BCUT2D eigenvalue weighted by Crippen LogP contribution is 2.16. The fourth-order valence-corrected chi connectivity index (χ4v) is 2.62. The first-order valence-electron chi connectivity index (χ1n) is 6.81. The molecule has 2 fully saturated rings. The fourth-order valence-electron chi connectivity index (χ4n) is 2.62. The van der Waals surface area contributed by atoms with Gasteiger partial charge >= 0.3 is 0 Å². The monoisotopic (exact) mass is 254 g/mol. The van der Waals surface area contributed by atoms with Crippen molar-refractivity contribution in [2.45, 2.75) is 25.7 Å². The van der Waals surface area contributed by atoms with Gasteiger partial charge in [-0.05, 0) is 31.8 Å². The number of amides is 1. The molecule has 5 heteroatoms. The average Bonchev–Trinajstić information content (AvgIpc) is 2.40. The molecule has 0 aromatic carbocycles. The highest BCUT2D eigenvalue weighted by atomic mass is 16.3. The smallest absolute Gasteiger partial charge is 0.236 e. The van der Waals surface area contributed by atoms with Gasteiger partial charge in [-0.1, -0.05) is 0 Å². The van der Waals surface area contributed by atoms with Crippen LogP contribution in [0, 0.1) is 5.92 Å². The van der Waals surface area contributed by atoms with E-state index in [-0.39, 0.29) is 18.3 Å². The van der Waals surface area contributed by atoms with Crippen LogP contribution in [-0.4, -0.2) is 65.9 Å². The quantitative estimate of drug-likeness (QED) is 0.763. The minimum Gasteiger partial charge on any atom is -0.396 e. The Morgan fingerprint density at radius 2 is 1.78 bits per heavy atom. The second kappa shape index (κ2) is 6.29. The SMILES string of the molecule is O=C1CCN(C(=O)CN2CCC(CO)CC2)CC1. The lowest BCUT2D eigenvalue weighted by atomic mass is 9.98. The van der Waals surface area contributed by atoms with Crippen molar-refractivity contribution in [3.8, 4) is 0 Å². The van der Waals surface area contributed by atoms with E-state index in [0.717, 1.165) is 25.9 Å². The van der Waals surface area contributed by atoms with Crippen molar-refractivity contribution in [1.29, 1.82) is 0 Å². The van der Waals surface area contributed by atoms with Gasteiger partial charge in [-0.25, -0.2) is 0 Å². The van der Waals surface area contributed by atoms with Crippen LogP contribution in [0.25, 0.3) is 0 Å². The number of ketones is 1. The third-order valence-corrected chi connectivity index (χ3v) is 4.00. The van der Waals surface area contributed by atoms with Gasteiger partial charge in [0.05, 0.1) is 6.54 Å². The predicted octanol–water partition coefficient (Wildman–Crippen LogP) is -0.118. The summed E-state index contributed by atoms with van der Waals surface area (Å²) in [5, 5.41) is 9.06. The number of hydrogen-bond donors (Lipinski definition) is 1. The second-order valence-corrected chi connectivity index (χ2v) is 5.32. The third kappa shape index (κ3) is 3.53. The first-order valence-corrected chi connectivity index (χ1v) is 6.81. The average molecular weight is 254 g/mol. The van der Waals surface area contributed by atoms with Crippen LogP contribution in [0.3, 0.4) is 0 Å². The van der Waals surface area contributed by atoms with Crippen LogP contribution in [-0.2, 0) is 9.59 Å². The topological polar surface area (TPSA) is 60.9 Å². The van der Waals surface area contributed by atoms with Crippen LogP contribution in [0.2, 0.25) is 0 Å². The number of hydrogen-bond acceptors (Lipinski definition) is 4. The van der Waals surface area contributed by atoms with Crippen molar-refractivity contribution in [2.75, 3.05) is 39.3 Å². The standard InChI is InChI=1S/C13H22N2O3/c16-10-11-1-5-14(6-2-11)9-13(18)15-7-3-12(17)4-8-15/h11,16H,1-10H2. The molecule has 18 heavy (non-hydrogen) atoms. The number of aliphatic hydroxyl groups excluding tert-OH is 1. The van der Waals surface area contributed by atoms with E-state index in [0.29, 0.717) is 38.4 Å². The molecular weight excluding hydrogens is 232 g/mol. The molecule has 2 saturated heterocycles. The van der Waals surface area contributed by atoms with Crippen molar-refractivity contribution in [3.05, 3.63) is 0 Å². The number of piperidine rings is 2. The summed E-state index contributed by atoms with van der Waals surface area (Å²) < 4.78 is 0. The van der Waals surface area contributed by atoms with Gasteiger partial charge in [0, 0.05) is 32.5 Å². The summed E-state index contributed by atoms with van der Waals surface area (Å²) in [7, 11) is 0. The Labute approximate surface area is 108 Å². The zero-order valence-corrected chi connectivity index (χ0v) is 10.8. The van der Waals surface area contributed by atoms with Crippen molar-refractivity contribution < 1.29 is 14.7 Å². The van der Waals surface area contributed by atoms with E-state index in [2.05, 4.69) is 4.90 Å². The Kier molecular flexibility index (Phi) is 4.72. The molecule has 1 N–H and O–H groups in total. The molecule has 1 amide bonds. The number of rotatable bonds is 3. The Hall–Kier alpha value is -0.940. The van der Waals surface area contributed by atoms with Crippen molar-refractivity contribution >= 4 is 11.7 Å². The molecule has 0 spiro atoms. The first kappa shape index (κ1) is 13.5. The number of aliphatic hydroxyl groups is 1. The zero-order chi connectivity index (χ0) is 13.0. The molecule has 2 heterocycles. The summed E-state index contributed by atoms with van der Waals surface area (Å²) in [6.45, 7) is 3.69. The Morgan fingerprint density at radius 1 is 1.17 bits per heavy atom. The maximum Gasteiger partial charge on any atom is 0.236 e. The van der Waals surface area contributed by atoms with E-state index < -0.39 is 0 Å². The summed E-state index contributed by atoms with van der Waals surface area (Å²) >= 11 is 0. The number of Topliss-reactive ketones (excluding diaryl/α,β-unsaturated/α-hetero) is 1. The Morgan fingerprint density at radius 3 is 2.33 bits per heavy atom. The molecule has 0 bridgehead atoms. The van der Waals surface area contributed by atoms with Crippen molar-refractivity contribution in [1.82, 2.24) is 9.80 Å². The van der Waals surface area contributed by atoms with Gasteiger partial charge in [-0.2, -0.15) is 0 Å². The van der Waals surface area contributed by atoms with E-state index >= 15 is 0 Å². The van der Waals surface area contributed by atoms with E-state index in [1.54, 1.807) is 4.90 Å². The molecular formula is C13H22N2O3. The maximum absolute atomic E-state index is 12.0. The van der Waals surface area contributed by atoms with Crippen LogP contribution in [0.1, 0.15) is 25.7 Å². The Balaban J connectivity index is 1.73. The lowest BCUT2D eigenvalue weighted by molar-refractivity contribution is -0.135. The molecule has 2 rings (SSSR count). The van der Waals surface area contributed by atoms with Crippen molar-refractivity contribution in [2.24, 2.45) is 5.92 Å². The predicted molar refractivity (Wildman–Crippen MR) is 67.1 cm³/mol. The van der Waals surface area contributed by atoms with Crippen molar-refractivity contribution in [3.63, 3.8) is 0 Å². The minimum atomic E-state index is 0.143. The summed E-state index contributed by atoms with van der Waals surface area (Å²) in [4.78, 5) is 27.1. The van der Waals surface area contributed by atoms with E-state index in [4.69, 9.17) is 5.11 Å². The normalized spacial score (nSPS) is 23.4. The molecule has 102 valence electrons. The van der Waals surface area contributed by atoms with Gasteiger partial charge in [-0.15, -0.1) is 0 Å². The molecule has 0 aromatic rings. The number of carbonyl (C=O) groups excluding carboxylic acids is 2. The molecule has 0 aromatic heterocycles. The lowest BCUT2D eigenvalue weighted by Gasteiger charge is -2.33. The van der Waals surface area contributed by atoms with E-state index in [9.17, 15) is 9.59 Å². The van der Waals surface area contributed by atoms with Crippen LogP contribution in [0.5, 0.6) is 0 Å². The van der Waals surface area contributed by atoms with Crippen LogP contribution in [0.15, 0.2) is 0 Å². The lowest BCUT2D eigenvalue weighted by Crippen LogP contribution is -2.46. The minimum absolute atomic E-state index is 0.143. The summed E-state index contributed by atoms with van der Waals surface area (Å²) in [6.07, 6.45) is 2.97. The summed E-state index contributed by atoms with van der Waals surface area (Å²) in [6, 6.07) is 0. The van der Waals surface area contributed by atoms with Crippen LogP contribution in [0.4, 0.5) is 0 Å². The van der Waals surface area contributed by atoms with E-state index in [1.807, 2.05) is 0 Å². The van der Waals surface area contributed by atoms with E-state index in [1.165, 1.54) is 0 Å². The summed E-state index contributed by atoms with van der Waals surface area (Å²) in [5.74, 6) is 0.816. The summed E-state index contributed by atoms with van der Waals surface area (Å²) in [5.41, 5.74) is 0. The zero-order valence-electron chi connectivity index (χ0n) is 10.8. The van der Waals surface area contributed by atoms with Gasteiger partial charge in [0.25, 0.3) is 0 Å². The Bertz CT molecular complexity index is 301. The maximum atomic E-state index is 12.0. The molecule has 5 nitrogen and oxygen atoms in total. The second-order valence-electron chi connectivity index (χ2n) is 5.32. The van der Waals surface area contributed by atoms with Gasteiger partial charge in [0.15, 0.2) is 0 Å². The number of nitrogens with zero attached hydrogens (tertiary/aromatic N) is 2. The van der Waals surface area contributed by atoms with Gasteiger partial charge < -0.3 is 10.0 Å². The van der Waals surface area contributed by atoms with Gasteiger partial charge in [-0.3, -0.25) is 14.5 Å². The highest BCUT2D eigenvalue weighted by molar-refractivity contribution is 5.84. The molecule has 2 aliphatic rings. The molecule has 0 unspecified atom stereocenters. The molecule has 0 aliphatic carbocycles.